The molecule has 1 aromatic carbocycles. The van der Waals surface area contributed by atoms with Crippen molar-refractivity contribution >= 4 is 5.91 Å². The third kappa shape index (κ3) is 3.51. The van der Waals surface area contributed by atoms with Gasteiger partial charge in [-0.3, -0.25) is 4.79 Å². The SMILES string of the molecule is CCNC(=O)COc1ccc(F)cc1CO. The van der Waals surface area contributed by atoms with Crippen molar-refractivity contribution in [2.24, 2.45) is 0 Å². The Hall–Kier alpha value is -1.62. The van der Waals surface area contributed by atoms with Crippen LogP contribution in [0.15, 0.2) is 18.2 Å². The van der Waals surface area contributed by atoms with Crippen molar-refractivity contribution < 1.29 is 19.0 Å². The standard InChI is InChI=1S/C11H14FNO3/c1-2-13-11(15)7-16-10-4-3-9(12)5-8(10)6-14/h3-5,14H,2,6-7H2,1H3,(H,13,15). The van der Waals surface area contributed by atoms with Crippen LogP contribution in [0.2, 0.25) is 0 Å². The second kappa shape index (κ2) is 6.07. The zero-order valence-corrected chi connectivity index (χ0v) is 9.00. The Morgan fingerprint density at radius 1 is 1.56 bits per heavy atom. The van der Waals surface area contributed by atoms with Crippen molar-refractivity contribution in [3.05, 3.63) is 29.6 Å². The molecule has 0 aliphatic rings. The van der Waals surface area contributed by atoms with Gasteiger partial charge in [-0.2, -0.15) is 0 Å². The maximum absolute atomic E-state index is 12.8. The second-order valence-electron chi connectivity index (χ2n) is 3.15. The molecule has 0 bridgehead atoms. The first kappa shape index (κ1) is 12.4. The molecule has 0 atom stereocenters. The normalized spacial score (nSPS) is 9.94. The zero-order valence-electron chi connectivity index (χ0n) is 9.00. The van der Waals surface area contributed by atoms with Crippen LogP contribution in [0.5, 0.6) is 5.75 Å². The topological polar surface area (TPSA) is 58.6 Å². The number of halogens is 1. The van der Waals surface area contributed by atoms with Crippen LogP contribution in [0.4, 0.5) is 4.39 Å². The van der Waals surface area contributed by atoms with Crippen LogP contribution in [0.25, 0.3) is 0 Å². The van der Waals surface area contributed by atoms with Gasteiger partial charge in [0.05, 0.1) is 6.61 Å². The van der Waals surface area contributed by atoms with Crippen LogP contribution >= 0.6 is 0 Å². The quantitative estimate of drug-likeness (QED) is 0.783. The largest absolute Gasteiger partial charge is 0.483 e. The van der Waals surface area contributed by atoms with E-state index in [1.54, 1.807) is 6.92 Å². The van der Waals surface area contributed by atoms with Crippen LogP contribution in [0.3, 0.4) is 0 Å². The summed E-state index contributed by atoms with van der Waals surface area (Å²) in [6, 6.07) is 3.78. The fourth-order valence-electron chi connectivity index (χ4n) is 1.20. The first-order valence-corrected chi connectivity index (χ1v) is 4.96. The number of likely N-dealkylation sites (N-methyl/N-ethyl adjacent to an activating group) is 1. The molecule has 16 heavy (non-hydrogen) atoms. The Bertz CT molecular complexity index is 368. The number of aliphatic hydroxyl groups excluding tert-OH is 1. The van der Waals surface area contributed by atoms with E-state index in [0.29, 0.717) is 17.9 Å². The molecule has 0 aromatic heterocycles. The Balaban J connectivity index is 2.63. The van der Waals surface area contributed by atoms with Crippen LogP contribution < -0.4 is 10.1 Å². The summed E-state index contributed by atoms with van der Waals surface area (Å²) in [6.07, 6.45) is 0. The summed E-state index contributed by atoms with van der Waals surface area (Å²) in [5, 5.41) is 11.5. The average Bonchev–Trinajstić information content (AvgIpc) is 2.27. The minimum Gasteiger partial charge on any atom is -0.483 e. The predicted octanol–water partition coefficient (Wildman–Crippen LogP) is 0.833. The van der Waals surface area contributed by atoms with Crippen molar-refractivity contribution in [2.45, 2.75) is 13.5 Å². The lowest BCUT2D eigenvalue weighted by Gasteiger charge is -2.09. The zero-order chi connectivity index (χ0) is 12.0. The van der Waals surface area contributed by atoms with E-state index in [9.17, 15) is 9.18 Å². The number of amides is 1. The molecular weight excluding hydrogens is 213 g/mol. The highest BCUT2D eigenvalue weighted by atomic mass is 19.1. The number of aliphatic hydroxyl groups is 1. The minimum absolute atomic E-state index is 0.146. The molecular formula is C11H14FNO3. The predicted molar refractivity (Wildman–Crippen MR) is 56.5 cm³/mol. The highest BCUT2D eigenvalue weighted by Gasteiger charge is 2.06. The Labute approximate surface area is 93.0 Å². The lowest BCUT2D eigenvalue weighted by Crippen LogP contribution is -2.28. The van der Waals surface area contributed by atoms with Crippen molar-refractivity contribution in [2.75, 3.05) is 13.2 Å². The number of ether oxygens (including phenoxy) is 1. The number of hydrogen-bond donors (Lipinski definition) is 2. The van der Waals surface area contributed by atoms with E-state index in [-0.39, 0.29) is 19.1 Å². The van der Waals surface area contributed by atoms with Crippen LogP contribution in [-0.2, 0) is 11.4 Å². The van der Waals surface area contributed by atoms with Crippen molar-refractivity contribution in [3.63, 3.8) is 0 Å². The fourth-order valence-corrected chi connectivity index (χ4v) is 1.20. The molecule has 0 radical (unpaired) electrons. The van der Waals surface area contributed by atoms with Crippen LogP contribution in [-0.4, -0.2) is 24.2 Å². The van der Waals surface area contributed by atoms with E-state index in [0.717, 1.165) is 0 Å². The van der Waals surface area contributed by atoms with E-state index in [1.807, 2.05) is 0 Å². The smallest absolute Gasteiger partial charge is 0.257 e. The van der Waals surface area contributed by atoms with Crippen LogP contribution in [0.1, 0.15) is 12.5 Å². The van der Waals surface area contributed by atoms with Gasteiger partial charge in [-0.1, -0.05) is 0 Å². The average molecular weight is 227 g/mol. The van der Waals surface area contributed by atoms with E-state index in [1.165, 1.54) is 18.2 Å². The lowest BCUT2D eigenvalue weighted by atomic mass is 10.2. The molecule has 5 heteroatoms. The molecule has 2 N–H and O–H groups in total. The highest BCUT2D eigenvalue weighted by molar-refractivity contribution is 5.77. The van der Waals surface area contributed by atoms with Gasteiger partial charge in [0.2, 0.25) is 0 Å². The van der Waals surface area contributed by atoms with Gasteiger partial charge in [-0.15, -0.1) is 0 Å². The maximum atomic E-state index is 12.8. The van der Waals surface area contributed by atoms with E-state index >= 15 is 0 Å². The third-order valence-electron chi connectivity index (χ3n) is 1.93. The van der Waals surface area contributed by atoms with Gasteiger partial charge in [-0.05, 0) is 25.1 Å². The first-order chi connectivity index (χ1) is 7.67. The molecule has 0 unspecified atom stereocenters. The molecule has 0 aliphatic carbocycles. The molecule has 4 nitrogen and oxygen atoms in total. The van der Waals surface area contributed by atoms with Crippen LogP contribution in [0, 0.1) is 5.82 Å². The van der Waals surface area contributed by atoms with Gasteiger partial charge >= 0.3 is 0 Å². The Kier molecular flexibility index (Phi) is 4.72. The molecule has 0 saturated heterocycles. The van der Waals surface area contributed by atoms with E-state index in [4.69, 9.17) is 9.84 Å². The second-order valence-corrected chi connectivity index (χ2v) is 3.15. The molecule has 0 aliphatic heterocycles. The van der Waals surface area contributed by atoms with Gasteiger partial charge in [0, 0.05) is 12.1 Å². The maximum Gasteiger partial charge on any atom is 0.257 e. The summed E-state index contributed by atoms with van der Waals surface area (Å²) in [4.78, 5) is 11.1. The molecule has 0 spiro atoms. The summed E-state index contributed by atoms with van der Waals surface area (Å²) in [6.45, 7) is 1.85. The van der Waals surface area contributed by atoms with Crippen molar-refractivity contribution in [1.29, 1.82) is 0 Å². The van der Waals surface area contributed by atoms with Gasteiger partial charge in [0.25, 0.3) is 5.91 Å². The lowest BCUT2D eigenvalue weighted by molar-refractivity contribution is -0.123. The van der Waals surface area contributed by atoms with Crippen molar-refractivity contribution in [3.8, 4) is 5.75 Å². The van der Waals surface area contributed by atoms with Gasteiger partial charge in [-0.25, -0.2) is 4.39 Å². The minimum atomic E-state index is -0.450. The number of carbonyl (C=O) groups is 1. The molecule has 1 aromatic rings. The molecule has 0 fully saturated rings. The van der Waals surface area contributed by atoms with Crippen molar-refractivity contribution in [1.82, 2.24) is 5.32 Å². The van der Waals surface area contributed by atoms with E-state index in [2.05, 4.69) is 5.32 Å². The highest BCUT2D eigenvalue weighted by Crippen LogP contribution is 2.19. The molecule has 1 rings (SSSR count). The summed E-state index contributed by atoms with van der Waals surface area (Å²) in [5.41, 5.74) is 0.323. The first-order valence-electron chi connectivity index (χ1n) is 4.96. The molecule has 0 saturated carbocycles. The Morgan fingerprint density at radius 3 is 2.94 bits per heavy atom. The third-order valence-corrected chi connectivity index (χ3v) is 1.93. The molecule has 1 amide bonds. The molecule has 88 valence electrons. The summed E-state index contributed by atoms with van der Waals surface area (Å²) < 4.78 is 18.0. The van der Waals surface area contributed by atoms with Gasteiger partial charge < -0.3 is 15.2 Å². The number of carbonyl (C=O) groups excluding carboxylic acids is 1. The molecule has 0 heterocycles. The monoisotopic (exact) mass is 227 g/mol. The summed E-state index contributed by atoms with van der Waals surface area (Å²) in [5.74, 6) is -0.389. The fraction of sp³-hybridized carbons (Fsp3) is 0.364. The van der Waals surface area contributed by atoms with Gasteiger partial charge in [0.15, 0.2) is 6.61 Å². The summed E-state index contributed by atoms with van der Waals surface area (Å²) in [7, 11) is 0. The number of rotatable bonds is 5. The summed E-state index contributed by atoms with van der Waals surface area (Å²) >= 11 is 0. The Morgan fingerprint density at radius 2 is 2.31 bits per heavy atom. The van der Waals surface area contributed by atoms with E-state index < -0.39 is 5.82 Å². The number of nitrogens with one attached hydrogen (secondary N) is 1. The van der Waals surface area contributed by atoms with Gasteiger partial charge in [0.1, 0.15) is 11.6 Å². The number of benzene rings is 1. The number of hydrogen-bond acceptors (Lipinski definition) is 3.